The van der Waals surface area contributed by atoms with E-state index in [0.717, 1.165) is 85.8 Å². The lowest BCUT2D eigenvalue weighted by Crippen LogP contribution is -2.27. The molecule has 0 spiro atoms. The first-order valence-electron chi connectivity index (χ1n) is 17.5. The zero-order valence-corrected chi connectivity index (χ0v) is 29.0. The summed E-state index contributed by atoms with van der Waals surface area (Å²) in [7, 11) is 0. The number of nitrogens with zero attached hydrogens (tertiary/aromatic N) is 1. The molecular weight excluding hydrogens is 588 g/mol. The molecule has 0 amide bonds. The fourth-order valence-electron chi connectivity index (χ4n) is 8.16. The molecular formula is C39H50N4O4. The summed E-state index contributed by atoms with van der Waals surface area (Å²) in [5, 5.41) is 13.4. The van der Waals surface area contributed by atoms with Crippen molar-refractivity contribution in [1.82, 2.24) is 15.0 Å². The van der Waals surface area contributed by atoms with Gasteiger partial charge < -0.3 is 24.8 Å². The third-order valence-corrected chi connectivity index (χ3v) is 10.9. The Hall–Kier alpha value is -3.91. The molecule has 1 aliphatic carbocycles. The minimum atomic E-state index is -0.812. The molecule has 8 bridgehead atoms. The van der Waals surface area contributed by atoms with Gasteiger partial charge in [0.1, 0.15) is 0 Å². The number of unbranched alkanes of at least 4 members (excludes halogenated alkanes) is 3. The summed E-state index contributed by atoms with van der Waals surface area (Å²) < 4.78 is 6.45. The van der Waals surface area contributed by atoms with Gasteiger partial charge >= 0.3 is 5.97 Å². The highest BCUT2D eigenvalue weighted by Crippen LogP contribution is 2.38. The van der Waals surface area contributed by atoms with Crippen molar-refractivity contribution >= 4 is 41.3 Å². The second-order valence-corrected chi connectivity index (χ2v) is 13.8. The maximum Gasteiger partial charge on any atom is 0.303 e. The fraction of sp³-hybridized carbons (Fsp3) is 0.513. The molecule has 4 atom stereocenters. The van der Waals surface area contributed by atoms with Crippen LogP contribution in [-0.2, 0) is 16.0 Å². The Bertz CT molecular complexity index is 2000. The van der Waals surface area contributed by atoms with E-state index in [0.29, 0.717) is 12.8 Å². The molecule has 47 heavy (non-hydrogen) atoms. The van der Waals surface area contributed by atoms with E-state index in [1.54, 1.807) is 0 Å². The normalized spacial score (nSPS) is 22.7. The van der Waals surface area contributed by atoms with Crippen molar-refractivity contribution in [3.63, 3.8) is 0 Å². The SMILES string of the molecule is CCCCCCOC(C)c1c(C)/c2[nH]/c1=C\c1[nH]c(c(CC)c1C)/C=c1\[nH]c3c(c1C)C(=O)CC=3C1N=C(\C=2)[C@@H](C)[C@@H]1CCC(=O)O. The highest BCUT2D eigenvalue weighted by molar-refractivity contribution is 6.14. The van der Waals surface area contributed by atoms with Crippen molar-refractivity contribution in [2.75, 3.05) is 6.61 Å². The molecule has 3 aliphatic rings. The highest BCUT2D eigenvalue weighted by Gasteiger charge is 2.41. The van der Waals surface area contributed by atoms with E-state index in [9.17, 15) is 14.7 Å². The van der Waals surface area contributed by atoms with Crippen molar-refractivity contribution in [3.8, 4) is 0 Å². The number of fused-ring (bicyclic) bond motifs is 7. The lowest BCUT2D eigenvalue weighted by molar-refractivity contribution is -0.137. The largest absolute Gasteiger partial charge is 0.481 e. The Labute approximate surface area is 276 Å². The smallest absolute Gasteiger partial charge is 0.303 e. The summed E-state index contributed by atoms with van der Waals surface area (Å²) in [6, 6.07) is -0.267. The number of carboxylic acids is 1. The monoisotopic (exact) mass is 638 g/mol. The van der Waals surface area contributed by atoms with Crippen molar-refractivity contribution in [2.45, 2.75) is 112 Å². The zero-order chi connectivity index (χ0) is 33.6. The van der Waals surface area contributed by atoms with Crippen LogP contribution in [0.15, 0.2) is 4.99 Å². The van der Waals surface area contributed by atoms with Gasteiger partial charge in [-0.1, -0.05) is 40.0 Å². The van der Waals surface area contributed by atoms with Crippen LogP contribution < -0.4 is 21.4 Å². The second-order valence-electron chi connectivity index (χ2n) is 13.8. The number of aromatic nitrogens is 3. The topological polar surface area (TPSA) is 123 Å². The van der Waals surface area contributed by atoms with Gasteiger partial charge in [0.05, 0.1) is 17.5 Å². The molecule has 2 unspecified atom stereocenters. The number of ether oxygens (including phenoxy) is 1. The first-order chi connectivity index (χ1) is 22.5. The number of hydrogen-bond acceptors (Lipinski definition) is 4. The number of nitrogens with one attached hydrogen (secondary N) is 3. The minimum absolute atomic E-state index is 0.0227. The van der Waals surface area contributed by atoms with Gasteiger partial charge in [-0.2, -0.15) is 0 Å². The number of ketones is 1. The predicted molar refractivity (Wildman–Crippen MR) is 188 cm³/mol. The molecule has 0 fully saturated rings. The van der Waals surface area contributed by atoms with Crippen LogP contribution in [0.4, 0.5) is 0 Å². The molecule has 3 aromatic rings. The number of aromatic amines is 3. The van der Waals surface area contributed by atoms with E-state index in [2.05, 4.69) is 74.7 Å². The number of carboxylic acid groups (broad SMARTS) is 1. The van der Waals surface area contributed by atoms with Crippen molar-refractivity contribution < 1.29 is 19.4 Å². The quantitative estimate of drug-likeness (QED) is 0.222. The minimum Gasteiger partial charge on any atom is -0.481 e. The number of aliphatic carboxylic acids is 1. The van der Waals surface area contributed by atoms with Gasteiger partial charge in [-0.05, 0) is 98.9 Å². The van der Waals surface area contributed by atoms with Crippen LogP contribution in [0.1, 0.15) is 128 Å². The Balaban J connectivity index is 1.60. The Morgan fingerprint density at radius 2 is 1.72 bits per heavy atom. The summed E-state index contributed by atoms with van der Waals surface area (Å²) in [6.07, 6.45) is 12.8. The first kappa shape index (κ1) is 33.0. The Morgan fingerprint density at radius 3 is 2.45 bits per heavy atom. The maximum absolute atomic E-state index is 13.5. The molecule has 2 aliphatic heterocycles. The van der Waals surface area contributed by atoms with Gasteiger partial charge in [0.25, 0.3) is 0 Å². The van der Waals surface area contributed by atoms with Crippen LogP contribution in [-0.4, -0.2) is 50.2 Å². The molecule has 8 nitrogen and oxygen atoms in total. The zero-order valence-electron chi connectivity index (χ0n) is 29.0. The van der Waals surface area contributed by atoms with E-state index in [4.69, 9.17) is 9.73 Å². The lowest BCUT2D eigenvalue weighted by atomic mass is 9.81. The van der Waals surface area contributed by atoms with Gasteiger partial charge in [-0.25, -0.2) is 0 Å². The predicted octanol–water partition coefficient (Wildman–Crippen LogP) is 4.95. The molecule has 0 aromatic carbocycles. The van der Waals surface area contributed by atoms with Gasteiger partial charge in [0.15, 0.2) is 5.78 Å². The third kappa shape index (κ3) is 6.01. The summed E-state index contributed by atoms with van der Waals surface area (Å²) in [4.78, 5) is 41.7. The van der Waals surface area contributed by atoms with E-state index in [1.165, 1.54) is 30.4 Å². The van der Waals surface area contributed by atoms with Gasteiger partial charge in [-0.15, -0.1) is 0 Å². The number of carbonyl (C=O) groups is 2. The molecule has 6 rings (SSSR count). The molecule has 4 N–H and O–H groups in total. The van der Waals surface area contributed by atoms with Crippen LogP contribution in [0.25, 0.3) is 23.8 Å². The van der Waals surface area contributed by atoms with Crippen molar-refractivity contribution in [2.24, 2.45) is 16.8 Å². The van der Waals surface area contributed by atoms with Crippen molar-refractivity contribution in [1.29, 1.82) is 0 Å². The van der Waals surface area contributed by atoms with Crippen LogP contribution in [0.5, 0.6) is 0 Å². The Morgan fingerprint density at radius 1 is 0.979 bits per heavy atom. The standard InChI is InChI=1S/C39H50N4O4/c1-8-10-11-12-15-47-24(7)36-22(5)30-17-29-21(4)26(13-14-35(45)46)38(42-29)27-16-34(44)37-23(6)31(43-39(27)37)18-32-25(9-2)20(3)28(40-32)19-33(36)41-30/h17-19,21,24,26,38,40-41,43H,8-16H2,1-7H3,(H,45,46)/b30-17-,31-18-,33-19-/t21-,24?,26-,38?/m0/s1. The number of Topliss-reactive ketones (excluding diaryl/α,β-unsaturated/α-hetero) is 1. The molecule has 5 heterocycles. The van der Waals surface area contributed by atoms with E-state index < -0.39 is 5.97 Å². The summed E-state index contributed by atoms with van der Waals surface area (Å²) in [6.45, 7) is 15.8. The van der Waals surface area contributed by atoms with Crippen LogP contribution >= 0.6 is 0 Å². The Kier molecular flexibility index (Phi) is 9.34. The lowest BCUT2D eigenvalue weighted by Gasteiger charge is -2.22. The average molecular weight is 639 g/mol. The molecule has 8 heteroatoms. The maximum atomic E-state index is 13.5. The molecule has 0 saturated carbocycles. The summed E-state index contributed by atoms with van der Waals surface area (Å²) >= 11 is 0. The number of rotatable bonds is 11. The second kappa shape index (κ2) is 13.3. The van der Waals surface area contributed by atoms with Crippen molar-refractivity contribution in [3.05, 3.63) is 66.2 Å². The van der Waals surface area contributed by atoms with Gasteiger partial charge in [0, 0.05) is 69.6 Å². The average Bonchev–Trinajstić information content (AvgIpc) is 3.78. The van der Waals surface area contributed by atoms with Crippen LogP contribution in [0, 0.1) is 32.6 Å². The number of aliphatic imine (C=N–C) groups is 1. The van der Waals surface area contributed by atoms with Gasteiger partial charge in [-0.3, -0.25) is 14.6 Å². The molecule has 3 aromatic heterocycles. The molecule has 0 saturated heterocycles. The van der Waals surface area contributed by atoms with Gasteiger partial charge in [0.2, 0.25) is 0 Å². The molecule has 0 radical (unpaired) electrons. The highest BCUT2D eigenvalue weighted by atomic mass is 16.5. The fourth-order valence-corrected chi connectivity index (χ4v) is 8.16. The summed E-state index contributed by atoms with van der Waals surface area (Å²) in [5.41, 5.74) is 10.4. The van der Waals surface area contributed by atoms with E-state index in [-0.39, 0.29) is 36.2 Å². The summed E-state index contributed by atoms with van der Waals surface area (Å²) in [5.74, 6) is -0.709. The van der Waals surface area contributed by atoms with Crippen LogP contribution in [0.3, 0.4) is 0 Å². The van der Waals surface area contributed by atoms with Crippen LogP contribution in [0.2, 0.25) is 0 Å². The number of hydrogen-bond donors (Lipinski definition) is 4. The number of H-pyrrole nitrogens is 3. The number of carbonyl (C=O) groups excluding carboxylic acids is 1. The van der Waals surface area contributed by atoms with E-state index in [1.807, 2.05) is 6.92 Å². The van der Waals surface area contributed by atoms with E-state index >= 15 is 0 Å². The third-order valence-electron chi connectivity index (χ3n) is 10.9. The molecule has 250 valence electrons. The first-order valence-corrected chi connectivity index (χ1v) is 17.5.